The molecule has 2 rings (SSSR count). The molecule has 0 radical (unpaired) electrons. The van der Waals surface area contributed by atoms with E-state index in [0.717, 1.165) is 16.8 Å². The molecule has 0 aliphatic rings. The standard InChI is InChI=1S/C18H21N3O2/c1-12-7-5-10-16(13(12)2)20-18(23)17(22)19-14-8-6-9-15(11-14)21(3)4/h5-11H,1-4H3,(H,19,22)(H,20,23). The molecule has 0 unspecified atom stereocenters. The van der Waals surface area contributed by atoms with Gasteiger partial charge in [0.25, 0.3) is 0 Å². The minimum atomic E-state index is -0.693. The second-order valence-electron chi connectivity index (χ2n) is 5.60. The third kappa shape index (κ3) is 4.10. The average molecular weight is 311 g/mol. The minimum Gasteiger partial charge on any atom is -0.378 e. The number of carbonyl (C=O) groups is 2. The van der Waals surface area contributed by atoms with Crippen LogP contribution in [0.5, 0.6) is 0 Å². The third-order valence-corrected chi connectivity index (χ3v) is 3.68. The van der Waals surface area contributed by atoms with Crippen molar-refractivity contribution in [2.24, 2.45) is 0 Å². The van der Waals surface area contributed by atoms with Crippen LogP contribution in [0.25, 0.3) is 0 Å². The SMILES string of the molecule is Cc1cccc(NC(=O)C(=O)Nc2cccc(N(C)C)c2)c1C. The Morgan fingerprint density at radius 2 is 1.57 bits per heavy atom. The Labute approximate surface area is 136 Å². The van der Waals surface area contributed by atoms with Gasteiger partial charge in [0.05, 0.1) is 0 Å². The lowest BCUT2D eigenvalue weighted by atomic mass is 10.1. The smallest absolute Gasteiger partial charge is 0.314 e. The van der Waals surface area contributed by atoms with Crippen LogP contribution in [-0.4, -0.2) is 25.9 Å². The molecular formula is C18H21N3O2. The van der Waals surface area contributed by atoms with Crippen molar-refractivity contribution in [3.63, 3.8) is 0 Å². The number of benzene rings is 2. The fraction of sp³-hybridized carbons (Fsp3) is 0.222. The molecule has 0 fully saturated rings. The summed E-state index contributed by atoms with van der Waals surface area (Å²) < 4.78 is 0. The number of amides is 2. The van der Waals surface area contributed by atoms with Crippen LogP contribution >= 0.6 is 0 Å². The van der Waals surface area contributed by atoms with E-state index in [1.165, 1.54) is 0 Å². The fourth-order valence-corrected chi connectivity index (χ4v) is 2.12. The molecule has 5 heteroatoms. The van der Waals surface area contributed by atoms with Gasteiger partial charge in [0.2, 0.25) is 0 Å². The fourth-order valence-electron chi connectivity index (χ4n) is 2.12. The highest BCUT2D eigenvalue weighted by atomic mass is 16.2. The van der Waals surface area contributed by atoms with E-state index in [2.05, 4.69) is 10.6 Å². The summed E-state index contributed by atoms with van der Waals surface area (Å²) >= 11 is 0. The van der Waals surface area contributed by atoms with Crippen molar-refractivity contribution < 1.29 is 9.59 Å². The zero-order valence-electron chi connectivity index (χ0n) is 13.8. The summed E-state index contributed by atoms with van der Waals surface area (Å²) in [5.74, 6) is -1.38. The van der Waals surface area contributed by atoms with E-state index in [1.54, 1.807) is 12.1 Å². The Morgan fingerprint density at radius 1 is 0.913 bits per heavy atom. The van der Waals surface area contributed by atoms with E-state index in [0.29, 0.717) is 11.4 Å². The molecular weight excluding hydrogens is 290 g/mol. The van der Waals surface area contributed by atoms with Crippen LogP contribution in [0.15, 0.2) is 42.5 Å². The molecule has 0 aromatic heterocycles. The zero-order chi connectivity index (χ0) is 17.0. The second-order valence-corrected chi connectivity index (χ2v) is 5.60. The molecule has 0 heterocycles. The summed E-state index contributed by atoms with van der Waals surface area (Å²) in [6.45, 7) is 3.86. The summed E-state index contributed by atoms with van der Waals surface area (Å²) in [6, 6.07) is 12.9. The van der Waals surface area contributed by atoms with Crippen molar-refractivity contribution >= 4 is 28.9 Å². The van der Waals surface area contributed by atoms with Crippen molar-refractivity contribution in [1.29, 1.82) is 0 Å². The lowest BCUT2D eigenvalue weighted by Crippen LogP contribution is -2.29. The zero-order valence-corrected chi connectivity index (χ0v) is 13.8. The van der Waals surface area contributed by atoms with E-state index in [1.807, 2.05) is 63.2 Å². The summed E-state index contributed by atoms with van der Waals surface area (Å²) in [4.78, 5) is 26.0. The van der Waals surface area contributed by atoms with E-state index in [9.17, 15) is 9.59 Å². The van der Waals surface area contributed by atoms with Gasteiger partial charge in [0.15, 0.2) is 0 Å². The topological polar surface area (TPSA) is 61.4 Å². The van der Waals surface area contributed by atoms with Crippen molar-refractivity contribution in [2.75, 3.05) is 29.6 Å². The van der Waals surface area contributed by atoms with Crippen LogP contribution in [0.1, 0.15) is 11.1 Å². The van der Waals surface area contributed by atoms with Crippen LogP contribution in [0, 0.1) is 13.8 Å². The van der Waals surface area contributed by atoms with Gasteiger partial charge in [-0.1, -0.05) is 18.2 Å². The number of hydrogen-bond acceptors (Lipinski definition) is 3. The molecule has 2 aromatic rings. The number of rotatable bonds is 3. The highest BCUT2D eigenvalue weighted by Crippen LogP contribution is 2.19. The van der Waals surface area contributed by atoms with Crippen molar-refractivity contribution in [2.45, 2.75) is 13.8 Å². The molecule has 0 aliphatic carbocycles. The largest absolute Gasteiger partial charge is 0.378 e. The van der Waals surface area contributed by atoms with Crippen LogP contribution in [-0.2, 0) is 9.59 Å². The van der Waals surface area contributed by atoms with E-state index < -0.39 is 11.8 Å². The summed E-state index contributed by atoms with van der Waals surface area (Å²) in [5, 5.41) is 5.26. The van der Waals surface area contributed by atoms with Gasteiger partial charge in [-0.25, -0.2) is 0 Å². The van der Waals surface area contributed by atoms with Crippen LogP contribution in [0.3, 0.4) is 0 Å². The molecule has 2 amide bonds. The lowest BCUT2D eigenvalue weighted by Gasteiger charge is -2.14. The first-order valence-electron chi connectivity index (χ1n) is 7.34. The number of carbonyl (C=O) groups excluding carboxylic acids is 2. The molecule has 0 bridgehead atoms. The Bertz CT molecular complexity index is 739. The maximum Gasteiger partial charge on any atom is 0.314 e. The van der Waals surface area contributed by atoms with Crippen molar-refractivity contribution in [3.05, 3.63) is 53.6 Å². The van der Waals surface area contributed by atoms with Gasteiger partial charge in [-0.05, 0) is 49.2 Å². The van der Waals surface area contributed by atoms with Gasteiger partial charge in [-0.15, -0.1) is 0 Å². The summed E-state index contributed by atoms with van der Waals surface area (Å²) in [7, 11) is 3.82. The molecule has 0 aliphatic heterocycles. The number of hydrogen-bond donors (Lipinski definition) is 2. The van der Waals surface area contributed by atoms with E-state index in [4.69, 9.17) is 0 Å². The van der Waals surface area contributed by atoms with Gasteiger partial charge in [-0.2, -0.15) is 0 Å². The molecule has 120 valence electrons. The van der Waals surface area contributed by atoms with Crippen LogP contribution in [0.2, 0.25) is 0 Å². The molecule has 0 saturated carbocycles. The van der Waals surface area contributed by atoms with Gasteiger partial charge in [-0.3, -0.25) is 9.59 Å². The van der Waals surface area contributed by atoms with Gasteiger partial charge in [0, 0.05) is 31.2 Å². The van der Waals surface area contributed by atoms with Gasteiger partial charge >= 0.3 is 11.8 Å². The number of anilines is 3. The van der Waals surface area contributed by atoms with Gasteiger partial charge in [0.1, 0.15) is 0 Å². The molecule has 0 atom stereocenters. The minimum absolute atomic E-state index is 0.581. The van der Waals surface area contributed by atoms with Crippen LogP contribution < -0.4 is 15.5 Å². The number of nitrogens with zero attached hydrogens (tertiary/aromatic N) is 1. The molecule has 2 N–H and O–H groups in total. The van der Waals surface area contributed by atoms with Crippen LogP contribution in [0.4, 0.5) is 17.1 Å². The molecule has 23 heavy (non-hydrogen) atoms. The summed E-state index contributed by atoms with van der Waals surface area (Å²) in [5.41, 5.74) is 4.17. The highest BCUT2D eigenvalue weighted by Gasteiger charge is 2.15. The first-order valence-corrected chi connectivity index (χ1v) is 7.34. The average Bonchev–Trinajstić information content (AvgIpc) is 2.52. The summed E-state index contributed by atoms with van der Waals surface area (Å²) in [6.07, 6.45) is 0. The van der Waals surface area contributed by atoms with E-state index in [-0.39, 0.29) is 0 Å². The Hall–Kier alpha value is -2.82. The predicted molar refractivity (Wildman–Crippen MR) is 93.9 cm³/mol. The van der Waals surface area contributed by atoms with Crippen molar-refractivity contribution in [3.8, 4) is 0 Å². The maximum atomic E-state index is 12.1. The van der Waals surface area contributed by atoms with Gasteiger partial charge < -0.3 is 15.5 Å². The second kappa shape index (κ2) is 6.96. The van der Waals surface area contributed by atoms with E-state index >= 15 is 0 Å². The number of nitrogens with one attached hydrogen (secondary N) is 2. The third-order valence-electron chi connectivity index (χ3n) is 3.68. The Balaban J connectivity index is 2.07. The molecule has 2 aromatic carbocycles. The predicted octanol–water partition coefficient (Wildman–Crippen LogP) is 2.95. The first kappa shape index (κ1) is 16.5. The quantitative estimate of drug-likeness (QED) is 0.857. The lowest BCUT2D eigenvalue weighted by molar-refractivity contribution is -0.133. The number of aryl methyl sites for hydroxylation is 1. The monoisotopic (exact) mass is 311 g/mol. The highest BCUT2D eigenvalue weighted by molar-refractivity contribution is 6.43. The maximum absolute atomic E-state index is 12.1. The molecule has 0 spiro atoms. The normalized spacial score (nSPS) is 10.1. The Kier molecular flexibility index (Phi) is 5.01. The molecule has 5 nitrogen and oxygen atoms in total. The molecule has 0 saturated heterocycles. The Morgan fingerprint density at radius 3 is 2.26 bits per heavy atom. The van der Waals surface area contributed by atoms with Crippen molar-refractivity contribution in [1.82, 2.24) is 0 Å². The first-order chi connectivity index (χ1) is 10.9.